The second-order valence-corrected chi connectivity index (χ2v) is 14.6. The molecule has 7 rings (SSSR count). The van der Waals surface area contributed by atoms with Crippen LogP contribution >= 0.6 is 23.5 Å². The summed E-state index contributed by atoms with van der Waals surface area (Å²) in [5.41, 5.74) is 8.28. The van der Waals surface area contributed by atoms with Gasteiger partial charge in [0.05, 0.1) is 20.0 Å². The van der Waals surface area contributed by atoms with Crippen molar-refractivity contribution in [2.24, 2.45) is 5.92 Å². The minimum atomic E-state index is -0.773. The minimum absolute atomic E-state index is 0.120. The molecule has 3 nitrogen and oxygen atoms in total. The van der Waals surface area contributed by atoms with Crippen molar-refractivity contribution in [3.8, 4) is 22.6 Å². The molecule has 5 heteroatoms. The van der Waals surface area contributed by atoms with Crippen molar-refractivity contribution in [2.45, 2.75) is 67.3 Å². The third-order valence-electron chi connectivity index (χ3n) is 11.1. The minimum Gasteiger partial charge on any atom is -0.501 e. The molecular weight excluding hydrogens is 617 g/mol. The number of rotatable bonds is 9. The normalized spacial score (nSPS) is 21.7. The number of benzene rings is 4. The molecule has 1 heterocycles. The molecule has 0 aromatic heterocycles. The Morgan fingerprint density at radius 3 is 2.21 bits per heavy atom. The monoisotopic (exact) mass is 660 g/mol. The third-order valence-corrected chi connectivity index (χ3v) is 12.7. The summed E-state index contributed by atoms with van der Waals surface area (Å²) < 4.78 is 18.9. The zero-order chi connectivity index (χ0) is 32.9. The highest BCUT2D eigenvalue weighted by molar-refractivity contribution is 8.01. The van der Waals surface area contributed by atoms with Crippen LogP contribution in [-0.4, -0.2) is 26.7 Å². The molecule has 0 N–H and O–H groups in total. The number of fused-ring (bicyclic) bond motifs is 8. The molecule has 0 radical (unpaired) electrons. The van der Waals surface area contributed by atoms with Crippen molar-refractivity contribution in [1.82, 2.24) is 0 Å². The van der Waals surface area contributed by atoms with E-state index >= 15 is 0 Å². The summed E-state index contributed by atoms with van der Waals surface area (Å²) in [5.74, 6) is 3.26. The van der Waals surface area contributed by atoms with E-state index < -0.39 is 5.60 Å². The lowest BCUT2D eigenvalue weighted by Gasteiger charge is -2.42. The van der Waals surface area contributed by atoms with Crippen LogP contribution in [0.25, 0.3) is 28.0 Å². The average Bonchev–Trinajstić information content (AvgIpc) is 3.45. The molecule has 0 fully saturated rings. The van der Waals surface area contributed by atoms with Crippen LogP contribution in [0.1, 0.15) is 68.7 Å². The second-order valence-electron chi connectivity index (χ2n) is 12.9. The van der Waals surface area contributed by atoms with Crippen LogP contribution in [0.3, 0.4) is 0 Å². The summed E-state index contributed by atoms with van der Waals surface area (Å²) in [6, 6.07) is 22.4. The van der Waals surface area contributed by atoms with Crippen molar-refractivity contribution in [2.75, 3.05) is 26.7 Å². The molecule has 3 unspecified atom stereocenters. The molecule has 0 saturated carbocycles. The number of hydrogen-bond donors (Lipinski definition) is 0. The van der Waals surface area contributed by atoms with Gasteiger partial charge in [-0.3, -0.25) is 0 Å². The van der Waals surface area contributed by atoms with Gasteiger partial charge in [-0.1, -0.05) is 75.7 Å². The predicted octanol–water partition coefficient (Wildman–Crippen LogP) is 11.6. The quantitative estimate of drug-likeness (QED) is 0.167. The molecule has 0 bridgehead atoms. The number of allylic oxidation sites excluding steroid dienone is 3. The Morgan fingerprint density at radius 1 is 0.872 bits per heavy atom. The molecule has 0 saturated heterocycles. The Hall–Kier alpha value is -3.54. The van der Waals surface area contributed by atoms with E-state index in [9.17, 15) is 0 Å². The molecule has 242 valence electrons. The lowest BCUT2D eigenvalue weighted by atomic mass is 9.64. The number of ether oxygens (including phenoxy) is 3. The van der Waals surface area contributed by atoms with Gasteiger partial charge in [0.2, 0.25) is 0 Å². The highest BCUT2D eigenvalue weighted by Gasteiger charge is 2.50. The fourth-order valence-corrected chi connectivity index (χ4v) is 9.95. The summed E-state index contributed by atoms with van der Waals surface area (Å²) in [5, 5.41) is 2.46. The fourth-order valence-electron chi connectivity index (χ4n) is 8.46. The van der Waals surface area contributed by atoms with Gasteiger partial charge in [-0.2, -0.15) is 0 Å². The van der Waals surface area contributed by atoms with E-state index in [2.05, 4.69) is 106 Å². The Balaban J connectivity index is 1.60. The van der Waals surface area contributed by atoms with Gasteiger partial charge in [-0.25, -0.2) is 0 Å². The van der Waals surface area contributed by atoms with Gasteiger partial charge >= 0.3 is 0 Å². The SMILES string of the molecule is CCC(C)C1(CC)c2ccccc2-c2c1c1c(c3cc(SC)c(SC)cc23)OC(C2=CC=C(OC)CC2)(c2ccc(OC)cc2)C=C1. The van der Waals surface area contributed by atoms with Gasteiger partial charge in [0, 0.05) is 38.1 Å². The van der Waals surface area contributed by atoms with Gasteiger partial charge in [0.25, 0.3) is 0 Å². The molecule has 2 aliphatic carbocycles. The molecule has 3 atom stereocenters. The van der Waals surface area contributed by atoms with E-state index in [1.54, 1.807) is 14.2 Å². The molecule has 47 heavy (non-hydrogen) atoms. The summed E-state index contributed by atoms with van der Waals surface area (Å²) in [7, 11) is 3.47. The average molecular weight is 661 g/mol. The first-order valence-electron chi connectivity index (χ1n) is 16.7. The lowest BCUT2D eigenvalue weighted by Crippen LogP contribution is -2.37. The summed E-state index contributed by atoms with van der Waals surface area (Å²) in [4.78, 5) is 2.59. The topological polar surface area (TPSA) is 27.7 Å². The zero-order valence-electron chi connectivity index (χ0n) is 28.5. The van der Waals surface area contributed by atoms with Crippen LogP contribution in [0.4, 0.5) is 0 Å². The van der Waals surface area contributed by atoms with Crippen molar-refractivity contribution in [3.63, 3.8) is 0 Å². The third kappa shape index (κ3) is 4.71. The fraction of sp³-hybridized carbons (Fsp3) is 0.333. The van der Waals surface area contributed by atoms with Crippen molar-refractivity contribution in [3.05, 3.63) is 112 Å². The van der Waals surface area contributed by atoms with Gasteiger partial charge in [-0.15, -0.1) is 23.5 Å². The van der Waals surface area contributed by atoms with Gasteiger partial charge in [0.15, 0.2) is 5.60 Å². The van der Waals surface area contributed by atoms with Crippen LogP contribution < -0.4 is 9.47 Å². The van der Waals surface area contributed by atoms with Crippen molar-refractivity contribution in [1.29, 1.82) is 0 Å². The first-order chi connectivity index (χ1) is 22.9. The Kier molecular flexibility index (Phi) is 8.51. The standard InChI is InChI=1S/C42H44O3S2/c1-8-26(3)41(9-2)35-13-11-10-12-31(35)38-33-24-36(46-6)37(47-7)25-34(33)40-32(39(38)41)22-23-42(45-40,27-14-18-29(43-4)19-15-27)28-16-20-30(44-5)21-17-28/h10-16,18-20,22-26H,8-9,17,21H2,1-7H3. The smallest absolute Gasteiger partial charge is 0.174 e. The number of hydrogen-bond acceptors (Lipinski definition) is 5. The molecule has 0 amide bonds. The predicted molar refractivity (Wildman–Crippen MR) is 200 cm³/mol. The first kappa shape index (κ1) is 32.0. The lowest BCUT2D eigenvalue weighted by molar-refractivity contribution is 0.151. The summed E-state index contributed by atoms with van der Waals surface area (Å²) >= 11 is 3.63. The van der Waals surface area contributed by atoms with Crippen LogP contribution in [0.15, 0.2) is 100 Å². The maximum Gasteiger partial charge on any atom is 0.174 e. The summed E-state index contributed by atoms with van der Waals surface area (Å²) in [6.45, 7) is 7.16. The maximum atomic E-state index is 7.67. The van der Waals surface area contributed by atoms with Crippen LogP contribution in [-0.2, 0) is 15.8 Å². The maximum absolute atomic E-state index is 7.67. The largest absolute Gasteiger partial charge is 0.501 e. The van der Waals surface area contributed by atoms with Crippen LogP contribution in [0, 0.1) is 5.92 Å². The molecular formula is C42H44O3S2. The van der Waals surface area contributed by atoms with Crippen molar-refractivity contribution < 1.29 is 14.2 Å². The Morgan fingerprint density at radius 2 is 1.60 bits per heavy atom. The molecule has 1 aliphatic heterocycles. The Bertz CT molecular complexity index is 1950. The second kappa shape index (κ2) is 12.5. The highest BCUT2D eigenvalue weighted by Crippen LogP contribution is 2.62. The number of methoxy groups -OCH3 is 2. The van der Waals surface area contributed by atoms with E-state index in [1.807, 2.05) is 35.7 Å². The molecule has 0 spiro atoms. The van der Waals surface area contributed by atoms with Gasteiger partial charge < -0.3 is 14.2 Å². The van der Waals surface area contributed by atoms with E-state index in [-0.39, 0.29) is 5.41 Å². The van der Waals surface area contributed by atoms with Crippen LogP contribution in [0.5, 0.6) is 11.5 Å². The van der Waals surface area contributed by atoms with Gasteiger partial charge in [0.1, 0.15) is 11.5 Å². The van der Waals surface area contributed by atoms with Gasteiger partial charge in [-0.05, 0) is 101 Å². The van der Waals surface area contributed by atoms with Crippen LogP contribution in [0.2, 0.25) is 0 Å². The first-order valence-corrected chi connectivity index (χ1v) is 19.2. The molecule has 4 aromatic rings. The Labute approximate surface area is 288 Å². The van der Waals surface area contributed by atoms with E-state index in [0.717, 1.165) is 48.5 Å². The summed E-state index contributed by atoms with van der Waals surface area (Å²) in [6.07, 6.45) is 17.2. The van der Waals surface area contributed by atoms with E-state index in [4.69, 9.17) is 14.2 Å². The molecule has 3 aliphatic rings. The highest BCUT2D eigenvalue weighted by atomic mass is 32.2. The van der Waals surface area contributed by atoms with E-state index in [1.165, 1.54) is 54.0 Å². The van der Waals surface area contributed by atoms with Crippen molar-refractivity contribution >= 4 is 40.4 Å². The number of thioether (sulfide) groups is 2. The van der Waals surface area contributed by atoms with E-state index in [0.29, 0.717) is 5.92 Å². The molecule has 4 aromatic carbocycles. The zero-order valence-corrected chi connectivity index (χ0v) is 30.2.